The molecule has 5 nitrogen and oxygen atoms in total. The summed E-state index contributed by atoms with van der Waals surface area (Å²) in [4.78, 5) is 6.54. The van der Waals surface area contributed by atoms with Gasteiger partial charge in [0.25, 0.3) is 0 Å². The van der Waals surface area contributed by atoms with Crippen LogP contribution in [-0.4, -0.2) is 64.0 Å². The smallest absolute Gasteiger partial charge is 0.193 e. The molecule has 0 aromatic carbocycles. The van der Waals surface area contributed by atoms with Gasteiger partial charge in [-0.25, -0.2) is 0 Å². The van der Waals surface area contributed by atoms with Gasteiger partial charge in [0.15, 0.2) is 5.96 Å². The molecule has 2 fully saturated rings. The van der Waals surface area contributed by atoms with Crippen LogP contribution in [0.3, 0.4) is 0 Å². The van der Waals surface area contributed by atoms with Crippen LogP contribution in [-0.2, 0) is 9.47 Å². The highest BCUT2D eigenvalue weighted by molar-refractivity contribution is 5.79. The van der Waals surface area contributed by atoms with Crippen molar-refractivity contribution in [1.82, 2.24) is 10.2 Å². The minimum atomic E-state index is 0.398. The van der Waals surface area contributed by atoms with Crippen molar-refractivity contribution in [2.45, 2.75) is 58.0 Å². The zero-order chi connectivity index (χ0) is 17.2. The zero-order valence-electron chi connectivity index (χ0n) is 15.9. The Bertz CT molecular complexity index is 366. The Kier molecular flexibility index (Phi) is 8.89. The van der Waals surface area contributed by atoms with E-state index in [1.165, 1.54) is 38.5 Å². The summed E-state index contributed by atoms with van der Waals surface area (Å²) < 4.78 is 11.7. The highest BCUT2D eigenvalue weighted by atomic mass is 16.5. The minimum Gasteiger partial charge on any atom is -0.379 e. The zero-order valence-corrected chi connectivity index (χ0v) is 15.9. The number of aliphatic imine (C=N–C) groups is 1. The SMILES string of the molecule is CCOC(CCNC(=NC)N(C)CCOCC1CC1)C1CCCC1. The molecule has 0 saturated heterocycles. The summed E-state index contributed by atoms with van der Waals surface area (Å²) in [5.74, 6) is 2.54. The summed E-state index contributed by atoms with van der Waals surface area (Å²) in [6.45, 7) is 6.41. The molecule has 0 radical (unpaired) electrons. The van der Waals surface area contributed by atoms with E-state index >= 15 is 0 Å². The van der Waals surface area contributed by atoms with Crippen molar-refractivity contribution in [3.8, 4) is 0 Å². The fraction of sp³-hybridized carbons (Fsp3) is 0.947. The molecule has 2 rings (SSSR count). The summed E-state index contributed by atoms with van der Waals surface area (Å²) in [5, 5.41) is 3.48. The molecule has 1 atom stereocenters. The highest BCUT2D eigenvalue weighted by Gasteiger charge is 2.25. The maximum Gasteiger partial charge on any atom is 0.193 e. The molecule has 0 aromatic rings. The summed E-state index contributed by atoms with van der Waals surface area (Å²) in [6, 6.07) is 0. The molecular formula is C19H37N3O2. The largest absolute Gasteiger partial charge is 0.379 e. The molecule has 2 aliphatic rings. The fourth-order valence-corrected chi connectivity index (χ4v) is 3.55. The number of likely N-dealkylation sites (N-methyl/N-ethyl adjacent to an activating group) is 1. The van der Waals surface area contributed by atoms with Gasteiger partial charge >= 0.3 is 0 Å². The quantitative estimate of drug-likeness (QED) is 0.357. The molecule has 1 unspecified atom stereocenters. The van der Waals surface area contributed by atoms with Crippen LogP contribution in [0.4, 0.5) is 0 Å². The third-order valence-corrected chi connectivity index (χ3v) is 5.21. The van der Waals surface area contributed by atoms with Crippen molar-refractivity contribution in [3.63, 3.8) is 0 Å². The molecular weight excluding hydrogens is 302 g/mol. The van der Waals surface area contributed by atoms with Crippen molar-refractivity contribution in [2.75, 3.05) is 47.0 Å². The molecule has 5 heteroatoms. The Hall–Kier alpha value is -0.810. The number of hydrogen-bond donors (Lipinski definition) is 1. The molecule has 0 aliphatic heterocycles. The van der Waals surface area contributed by atoms with Gasteiger partial charge in [0, 0.05) is 40.4 Å². The topological polar surface area (TPSA) is 46.1 Å². The van der Waals surface area contributed by atoms with Gasteiger partial charge in [-0.2, -0.15) is 0 Å². The van der Waals surface area contributed by atoms with Crippen LogP contribution in [0.1, 0.15) is 51.9 Å². The van der Waals surface area contributed by atoms with Crippen LogP contribution in [0.25, 0.3) is 0 Å². The predicted molar refractivity (Wildman–Crippen MR) is 99.5 cm³/mol. The van der Waals surface area contributed by atoms with E-state index in [2.05, 4.69) is 29.2 Å². The second-order valence-electron chi connectivity index (χ2n) is 7.24. The van der Waals surface area contributed by atoms with Gasteiger partial charge in [0.05, 0.1) is 12.7 Å². The fourth-order valence-electron chi connectivity index (χ4n) is 3.55. The Balaban J connectivity index is 1.63. The van der Waals surface area contributed by atoms with E-state index in [0.717, 1.165) is 57.1 Å². The van der Waals surface area contributed by atoms with Gasteiger partial charge in [0.1, 0.15) is 0 Å². The van der Waals surface area contributed by atoms with Crippen molar-refractivity contribution < 1.29 is 9.47 Å². The van der Waals surface area contributed by atoms with Gasteiger partial charge in [-0.1, -0.05) is 12.8 Å². The number of rotatable bonds is 11. The number of hydrogen-bond acceptors (Lipinski definition) is 3. The molecule has 140 valence electrons. The molecule has 2 aliphatic carbocycles. The average Bonchev–Trinajstić information content (AvgIpc) is 3.25. The third kappa shape index (κ3) is 6.98. The number of nitrogens with one attached hydrogen (secondary N) is 1. The van der Waals surface area contributed by atoms with Gasteiger partial charge in [-0.05, 0) is 50.9 Å². The summed E-state index contributed by atoms with van der Waals surface area (Å²) in [5.41, 5.74) is 0. The van der Waals surface area contributed by atoms with Crippen molar-refractivity contribution in [1.29, 1.82) is 0 Å². The van der Waals surface area contributed by atoms with E-state index in [9.17, 15) is 0 Å². The van der Waals surface area contributed by atoms with E-state index in [1.807, 2.05) is 7.05 Å². The van der Waals surface area contributed by atoms with Crippen LogP contribution < -0.4 is 5.32 Å². The first-order valence-corrected chi connectivity index (χ1v) is 9.85. The first-order chi connectivity index (χ1) is 11.7. The standard InChI is InChI=1S/C19H37N3O2/c1-4-24-18(17-7-5-6-8-17)11-12-21-19(20-2)22(3)13-14-23-15-16-9-10-16/h16-18H,4-15H2,1-3H3,(H,20,21). The molecule has 0 spiro atoms. The van der Waals surface area contributed by atoms with E-state index in [-0.39, 0.29) is 0 Å². The normalized spacial score (nSPS) is 20.4. The third-order valence-electron chi connectivity index (χ3n) is 5.21. The Morgan fingerprint density at radius 2 is 2.00 bits per heavy atom. The molecule has 1 N–H and O–H groups in total. The molecule has 24 heavy (non-hydrogen) atoms. The van der Waals surface area contributed by atoms with E-state index < -0.39 is 0 Å². The van der Waals surface area contributed by atoms with Crippen LogP contribution in [0.5, 0.6) is 0 Å². The van der Waals surface area contributed by atoms with Crippen LogP contribution in [0.15, 0.2) is 4.99 Å². The van der Waals surface area contributed by atoms with Crippen molar-refractivity contribution in [3.05, 3.63) is 0 Å². The lowest BCUT2D eigenvalue weighted by molar-refractivity contribution is 0.0168. The monoisotopic (exact) mass is 339 g/mol. The number of nitrogens with zero attached hydrogens (tertiary/aromatic N) is 2. The van der Waals surface area contributed by atoms with Gasteiger partial charge < -0.3 is 19.7 Å². The number of ether oxygens (including phenoxy) is 2. The summed E-state index contributed by atoms with van der Waals surface area (Å²) in [7, 11) is 3.92. The lowest BCUT2D eigenvalue weighted by Crippen LogP contribution is -2.42. The maximum atomic E-state index is 6.00. The van der Waals surface area contributed by atoms with E-state index in [1.54, 1.807) is 0 Å². The molecule has 0 aromatic heterocycles. The Morgan fingerprint density at radius 3 is 2.62 bits per heavy atom. The van der Waals surface area contributed by atoms with Gasteiger partial charge in [-0.3, -0.25) is 4.99 Å². The Labute approximate surface area is 148 Å². The molecule has 2 saturated carbocycles. The summed E-state index contributed by atoms with van der Waals surface area (Å²) >= 11 is 0. The Morgan fingerprint density at radius 1 is 1.25 bits per heavy atom. The van der Waals surface area contributed by atoms with Crippen LogP contribution in [0, 0.1) is 11.8 Å². The highest BCUT2D eigenvalue weighted by Crippen LogP contribution is 2.30. The molecule has 0 heterocycles. The minimum absolute atomic E-state index is 0.398. The first-order valence-electron chi connectivity index (χ1n) is 9.85. The van der Waals surface area contributed by atoms with Gasteiger partial charge in [-0.15, -0.1) is 0 Å². The maximum absolute atomic E-state index is 6.00. The van der Waals surface area contributed by atoms with Gasteiger partial charge in [0.2, 0.25) is 0 Å². The lowest BCUT2D eigenvalue weighted by atomic mass is 9.98. The molecule has 0 amide bonds. The van der Waals surface area contributed by atoms with E-state index in [0.29, 0.717) is 6.10 Å². The lowest BCUT2D eigenvalue weighted by Gasteiger charge is -2.26. The van der Waals surface area contributed by atoms with Crippen molar-refractivity contribution >= 4 is 5.96 Å². The van der Waals surface area contributed by atoms with Crippen LogP contribution in [0.2, 0.25) is 0 Å². The molecule has 0 bridgehead atoms. The first kappa shape index (κ1) is 19.5. The summed E-state index contributed by atoms with van der Waals surface area (Å²) in [6.07, 6.45) is 9.55. The van der Waals surface area contributed by atoms with E-state index in [4.69, 9.17) is 9.47 Å². The van der Waals surface area contributed by atoms with Crippen LogP contribution >= 0.6 is 0 Å². The number of guanidine groups is 1. The second-order valence-corrected chi connectivity index (χ2v) is 7.24. The second kappa shape index (κ2) is 10.9. The average molecular weight is 340 g/mol. The predicted octanol–water partition coefficient (Wildman–Crippen LogP) is 2.91. The van der Waals surface area contributed by atoms with Crippen molar-refractivity contribution in [2.24, 2.45) is 16.8 Å².